The number of aldehydes is 1. The molecule has 3 atom stereocenters. The average Bonchev–Trinajstić information content (AvgIpc) is 2.59. The maximum atomic E-state index is 10.8. The van der Waals surface area contributed by atoms with Crippen molar-refractivity contribution >= 4 is 12.3 Å². The van der Waals surface area contributed by atoms with Crippen molar-refractivity contribution in [3.8, 4) is 0 Å². The fourth-order valence-corrected chi connectivity index (χ4v) is 1.21. The largest absolute Gasteiger partial charge is 0.469 e. The predicted octanol–water partition coefficient (Wildman–Crippen LogP) is 0.240. The van der Waals surface area contributed by atoms with E-state index in [0.717, 1.165) is 6.29 Å². The van der Waals surface area contributed by atoms with Crippen LogP contribution < -0.4 is 0 Å². The van der Waals surface area contributed by atoms with E-state index in [2.05, 4.69) is 4.74 Å². The highest BCUT2D eigenvalue weighted by Gasteiger charge is 2.52. The van der Waals surface area contributed by atoms with Crippen LogP contribution in [-0.4, -0.2) is 19.4 Å². The summed E-state index contributed by atoms with van der Waals surface area (Å²) in [6, 6.07) is 0. The molecular weight excluding hydrogens is 132 g/mol. The molecule has 0 saturated heterocycles. The molecule has 0 spiro atoms. The van der Waals surface area contributed by atoms with Gasteiger partial charge in [0, 0.05) is 5.92 Å². The van der Waals surface area contributed by atoms with Gasteiger partial charge in [-0.05, 0) is 5.92 Å². The summed E-state index contributed by atoms with van der Waals surface area (Å²) >= 11 is 0. The van der Waals surface area contributed by atoms with Gasteiger partial charge in [-0.15, -0.1) is 0 Å². The molecule has 1 aliphatic carbocycles. The lowest BCUT2D eigenvalue weighted by Gasteiger charge is -1.92. The summed E-state index contributed by atoms with van der Waals surface area (Å²) in [5.74, 6) is -0.329. The van der Waals surface area contributed by atoms with E-state index in [1.165, 1.54) is 7.11 Å². The second-order valence-electron chi connectivity index (χ2n) is 2.62. The summed E-state index contributed by atoms with van der Waals surface area (Å²) < 4.78 is 4.48. The lowest BCUT2D eigenvalue weighted by atomic mass is 10.3. The highest BCUT2D eigenvalue weighted by Crippen LogP contribution is 2.44. The van der Waals surface area contributed by atoms with E-state index < -0.39 is 0 Å². The van der Waals surface area contributed by atoms with Crippen LogP contribution >= 0.6 is 0 Å². The van der Waals surface area contributed by atoms with Crippen LogP contribution in [-0.2, 0) is 14.3 Å². The summed E-state index contributed by atoms with van der Waals surface area (Å²) in [6.07, 6.45) is 0.826. The average molecular weight is 142 g/mol. The van der Waals surface area contributed by atoms with Crippen LogP contribution in [0.2, 0.25) is 0 Å². The van der Waals surface area contributed by atoms with E-state index in [4.69, 9.17) is 0 Å². The lowest BCUT2D eigenvalue weighted by molar-refractivity contribution is -0.143. The summed E-state index contributed by atoms with van der Waals surface area (Å²) in [5, 5.41) is 0. The van der Waals surface area contributed by atoms with Gasteiger partial charge < -0.3 is 9.53 Å². The van der Waals surface area contributed by atoms with Crippen LogP contribution in [0.4, 0.5) is 0 Å². The molecule has 3 heteroatoms. The molecule has 1 saturated carbocycles. The molecule has 0 amide bonds. The first kappa shape index (κ1) is 7.25. The number of carbonyl (C=O) groups excluding carboxylic acids is 2. The maximum absolute atomic E-state index is 10.8. The normalized spacial score (nSPS) is 36.8. The first-order valence-electron chi connectivity index (χ1n) is 3.25. The zero-order valence-corrected chi connectivity index (χ0v) is 6.03. The molecule has 1 fully saturated rings. The van der Waals surface area contributed by atoms with Gasteiger partial charge in [-0.1, -0.05) is 6.92 Å². The molecule has 0 N–H and O–H groups in total. The molecule has 0 aliphatic heterocycles. The Balaban J connectivity index is 2.47. The summed E-state index contributed by atoms with van der Waals surface area (Å²) in [4.78, 5) is 21.0. The Labute approximate surface area is 59.4 Å². The van der Waals surface area contributed by atoms with E-state index in [1.54, 1.807) is 0 Å². The highest BCUT2D eigenvalue weighted by molar-refractivity contribution is 5.82. The predicted molar refractivity (Wildman–Crippen MR) is 34.2 cm³/mol. The fraction of sp³-hybridized carbons (Fsp3) is 0.714. The molecule has 0 aromatic rings. The zero-order valence-electron chi connectivity index (χ0n) is 6.03. The van der Waals surface area contributed by atoms with Crippen LogP contribution in [0.1, 0.15) is 6.92 Å². The third kappa shape index (κ3) is 0.916. The van der Waals surface area contributed by atoms with E-state index in [-0.39, 0.29) is 23.7 Å². The second kappa shape index (κ2) is 2.40. The zero-order chi connectivity index (χ0) is 7.72. The Morgan fingerprint density at radius 3 is 2.50 bits per heavy atom. The molecule has 0 heterocycles. The summed E-state index contributed by atoms with van der Waals surface area (Å²) in [7, 11) is 1.34. The van der Waals surface area contributed by atoms with Crippen molar-refractivity contribution in [1.82, 2.24) is 0 Å². The third-order valence-corrected chi connectivity index (χ3v) is 2.08. The van der Waals surface area contributed by atoms with Crippen molar-refractivity contribution in [2.75, 3.05) is 7.11 Å². The lowest BCUT2D eigenvalue weighted by Crippen LogP contribution is -2.05. The Morgan fingerprint density at radius 1 is 1.60 bits per heavy atom. The van der Waals surface area contributed by atoms with Crippen molar-refractivity contribution in [3.05, 3.63) is 0 Å². The number of hydrogen-bond donors (Lipinski definition) is 0. The molecule has 1 rings (SSSR count). The number of methoxy groups -OCH3 is 1. The van der Waals surface area contributed by atoms with Crippen LogP contribution in [0.25, 0.3) is 0 Å². The minimum atomic E-state index is -0.260. The minimum absolute atomic E-state index is 0.0903. The summed E-state index contributed by atoms with van der Waals surface area (Å²) in [5.41, 5.74) is 0. The molecule has 0 aromatic carbocycles. The first-order valence-corrected chi connectivity index (χ1v) is 3.25. The van der Waals surface area contributed by atoms with Crippen LogP contribution in [0, 0.1) is 17.8 Å². The molecule has 0 bridgehead atoms. The molecule has 3 unspecified atom stereocenters. The Kier molecular flexibility index (Phi) is 1.74. The van der Waals surface area contributed by atoms with Crippen molar-refractivity contribution in [2.45, 2.75) is 6.92 Å². The minimum Gasteiger partial charge on any atom is -0.469 e. The van der Waals surface area contributed by atoms with Crippen molar-refractivity contribution in [3.63, 3.8) is 0 Å². The van der Waals surface area contributed by atoms with Crippen LogP contribution in [0.3, 0.4) is 0 Å². The fourth-order valence-electron chi connectivity index (χ4n) is 1.21. The number of hydrogen-bond acceptors (Lipinski definition) is 3. The van der Waals surface area contributed by atoms with Gasteiger partial charge in [0.05, 0.1) is 13.0 Å². The monoisotopic (exact) mass is 142 g/mol. The van der Waals surface area contributed by atoms with Crippen molar-refractivity contribution in [1.29, 1.82) is 0 Å². The number of rotatable bonds is 2. The van der Waals surface area contributed by atoms with E-state index in [0.29, 0.717) is 0 Å². The van der Waals surface area contributed by atoms with Gasteiger partial charge in [0.1, 0.15) is 6.29 Å². The van der Waals surface area contributed by atoms with E-state index >= 15 is 0 Å². The van der Waals surface area contributed by atoms with Gasteiger partial charge in [-0.2, -0.15) is 0 Å². The molecule has 10 heavy (non-hydrogen) atoms. The van der Waals surface area contributed by atoms with Gasteiger partial charge in [0.2, 0.25) is 0 Å². The van der Waals surface area contributed by atoms with E-state index in [1.807, 2.05) is 6.92 Å². The van der Waals surface area contributed by atoms with Crippen molar-refractivity contribution < 1.29 is 14.3 Å². The number of ether oxygens (including phenoxy) is 1. The Hall–Kier alpha value is -0.860. The smallest absolute Gasteiger partial charge is 0.309 e. The van der Waals surface area contributed by atoms with Gasteiger partial charge in [-0.3, -0.25) is 4.79 Å². The SMILES string of the molecule is COC(=O)C1C(C)C1C=O. The third-order valence-electron chi connectivity index (χ3n) is 2.08. The molecule has 0 radical (unpaired) electrons. The quantitative estimate of drug-likeness (QED) is 0.409. The number of carbonyl (C=O) groups is 2. The van der Waals surface area contributed by atoms with Gasteiger partial charge in [0.25, 0.3) is 0 Å². The van der Waals surface area contributed by atoms with Crippen LogP contribution in [0.15, 0.2) is 0 Å². The first-order chi connectivity index (χ1) is 4.72. The van der Waals surface area contributed by atoms with Crippen LogP contribution in [0.5, 0.6) is 0 Å². The highest BCUT2D eigenvalue weighted by atomic mass is 16.5. The maximum Gasteiger partial charge on any atom is 0.309 e. The molecule has 0 aromatic heterocycles. The summed E-state index contributed by atoms with van der Waals surface area (Å²) in [6.45, 7) is 1.88. The van der Waals surface area contributed by atoms with E-state index in [9.17, 15) is 9.59 Å². The Bertz CT molecular complexity index is 164. The van der Waals surface area contributed by atoms with Crippen molar-refractivity contribution in [2.24, 2.45) is 17.8 Å². The van der Waals surface area contributed by atoms with Gasteiger partial charge in [0.15, 0.2) is 0 Å². The van der Waals surface area contributed by atoms with Gasteiger partial charge >= 0.3 is 5.97 Å². The molecular formula is C7H10O3. The molecule has 3 nitrogen and oxygen atoms in total. The molecule has 1 aliphatic rings. The Morgan fingerprint density at radius 2 is 2.20 bits per heavy atom. The standard InChI is InChI=1S/C7H10O3/c1-4-5(3-8)6(4)7(9)10-2/h3-6H,1-2H3. The number of esters is 1. The second-order valence-corrected chi connectivity index (χ2v) is 2.62. The topological polar surface area (TPSA) is 43.4 Å². The van der Waals surface area contributed by atoms with Gasteiger partial charge in [-0.25, -0.2) is 0 Å². The molecule has 56 valence electrons.